The Bertz CT molecular complexity index is 643. The van der Waals surface area contributed by atoms with Crippen molar-refractivity contribution in [1.29, 1.82) is 5.41 Å². The Hall–Kier alpha value is -1.52. The number of amidine groups is 1. The van der Waals surface area contributed by atoms with Gasteiger partial charge in [-0.25, -0.2) is 0 Å². The van der Waals surface area contributed by atoms with E-state index >= 15 is 0 Å². The molecule has 0 saturated carbocycles. The number of ether oxygens (including phenoxy) is 1. The second-order valence-corrected chi connectivity index (χ2v) is 5.32. The molecular weight excluding hydrogens is 328 g/mol. The average Bonchev–Trinajstić information content (AvgIpc) is 2.33. The van der Waals surface area contributed by atoms with Crippen LogP contribution in [-0.4, -0.2) is 5.84 Å². The summed E-state index contributed by atoms with van der Waals surface area (Å²) < 4.78 is 6.49. The lowest BCUT2D eigenvalue weighted by Gasteiger charge is -2.13. The van der Waals surface area contributed by atoms with Gasteiger partial charge in [-0.3, -0.25) is 5.41 Å². The number of hydrogen-bond acceptors (Lipinski definition) is 2. The van der Waals surface area contributed by atoms with Gasteiger partial charge in [0.1, 0.15) is 17.3 Å². The lowest BCUT2D eigenvalue weighted by molar-refractivity contribution is 0.481. The number of rotatable bonds is 3. The van der Waals surface area contributed by atoms with Crippen molar-refractivity contribution >= 4 is 33.4 Å². The highest BCUT2D eigenvalue weighted by Crippen LogP contribution is 2.34. The van der Waals surface area contributed by atoms with Gasteiger partial charge >= 0.3 is 0 Å². The summed E-state index contributed by atoms with van der Waals surface area (Å²) in [5, 5.41) is 8.13. The Kier molecular flexibility index (Phi) is 4.12. The predicted molar refractivity (Wildman–Crippen MR) is 81.4 cm³/mol. The van der Waals surface area contributed by atoms with Crippen LogP contribution in [0.4, 0.5) is 0 Å². The minimum atomic E-state index is -0.0637. The molecule has 0 radical (unpaired) electrons. The van der Waals surface area contributed by atoms with Crippen LogP contribution in [-0.2, 0) is 0 Å². The van der Waals surface area contributed by atoms with Gasteiger partial charge in [0.25, 0.3) is 0 Å². The molecule has 0 spiro atoms. The molecule has 0 bridgehead atoms. The average molecular weight is 340 g/mol. The summed E-state index contributed by atoms with van der Waals surface area (Å²) >= 11 is 9.46. The quantitative estimate of drug-likeness (QED) is 0.639. The van der Waals surface area contributed by atoms with Crippen LogP contribution >= 0.6 is 27.5 Å². The molecule has 0 saturated heterocycles. The summed E-state index contributed by atoms with van der Waals surface area (Å²) in [6, 6.07) is 10.9. The van der Waals surface area contributed by atoms with Crippen molar-refractivity contribution in [2.45, 2.75) is 6.92 Å². The number of nitrogen functional groups attached to an aromatic ring is 1. The monoisotopic (exact) mass is 338 g/mol. The van der Waals surface area contributed by atoms with Crippen LogP contribution < -0.4 is 10.5 Å². The van der Waals surface area contributed by atoms with E-state index in [4.69, 9.17) is 27.5 Å². The summed E-state index contributed by atoms with van der Waals surface area (Å²) in [7, 11) is 0. The zero-order valence-corrected chi connectivity index (χ0v) is 12.5. The van der Waals surface area contributed by atoms with Gasteiger partial charge in [-0.1, -0.05) is 23.7 Å². The molecule has 3 nitrogen and oxygen atoms in total. The first-order valence-electron chi connectivity index (χ1n) is 5.56. The molecule has 19 heavy (non-hydrogen) atoms. The minimum Gasteiger partial charge on any atom is -0.455 e. The largest absolute Gasteiger partial charge is 0.455 e. The molecule has 0 heterocycles. The van der Waals surface area contributed by atoms with Crippen LogP contribution in [0.25, 0.3) is 0 Å². The first kappa shape index (κ1) is 13.9. The molecule has 0 unspecified atom stereocenters. The highest BCUT2D eigenvalue weighted by atomic mass is 79.9. The number of nitrogens with two attached hydrogens (primary N) is 1. The van der Waals surface area contributed by atoms with Crippen LogP contribution in [0, 0.1) is 12.3 Å². The van der Waals surface area contributed by atoms with E-state index in [0.717, 1.165) is 5.56 Å². The molecule has 3 N–H and O–H groups in total. The van der Waals surface area contributed by atoms with E-state index < -0.39 is 0 Å². The van der Waals surface area contributed by atoms with E-state index in [1.807, 2.05) is 25.1 Å². The van der Waals surface area contributed by atoms with Crippen LogP contribution in [0.1, 0.15) is 11.1 Å². The van der Waals surface area contributed by atoms with Gasteiger partial charge in [-0.05, 0) is 52.7 Å². The van der Waals surface area contributed by atoms with Gasteiger partial charge in [0.05, 0.1) is 10.6 Å². The predicted octanol–water partition coefficient (Wildman–Crippen LogP) is 4.49. The third kappa shape index (κ3) is 3.08. The Morgan fingerprint density at radius 2 is 2.00 bits per heavy atom. The highest BCUT2D eigenvalue weighted by molar-refractivity contribution is 9.10. The number of nitrogens with one attached hydrogen (secondary N) is 1. The molecule has 0 aromatic heterocycles. The summed E-state index contributed by atoms with van der Waals surface area (Å²) in [6.07, 6.45) is 0. The van der Waals surface area contributed by atoms with Crippen molar-refractivity contribution in [3.05, 3.63) is 57.0 Å². The molecule has 0 atom stereocenters. The molecule has 0 fully saturated rings. The van der Waals surface area contributed by atoms with Gasteiger partial charge in [0.2, 0.25) is 0 Å². The first-order valence-corrected chi connectivity index (χ1v) is 6.73. The van der Waals surface area contributed by atoms with Gasteiger partial charge in [0, 0.05) is 4.47 Å². The number of benzene rings is 2. The normalized spacial score (nSPS) is 10.3. The van der Waals surface area contributed by atoms with Crippen LogP contribution in [0.5, 0.6) is 11.5 Å². The molecular formula is C14H12BrClN2O. The van der Waals surface area contributed by atoms with Gasteiger partial charge in [0.15, 0.2) is 0 Å². The second-order valence-electron chi connectivity index (χ2n) is 4.06. The highest BCUT2D eigenvalue weighted by Gasteiger charge is 2.13. The van der Waals surface area contributed by atoms with Crippen molar-refractivity contribution in [3.63, 3.8) is 0 Å². The van der Waals surface area contributed by atoms with Crippen molar-refractivity contribution in [2.75, 3.05) is 0 Å². The molecule has 98 valence electrons. The maximum Gasteiger partial charge on any atom is 0.146 e. The topological polar surface area (TPSA) is 59.1 Å². The lowest BCUT2D eigenvalue weighted by atomic mass is 10.2. The van der Waals surface area contributed by atoms with Crippen LogP contribution in [0.3, 0.4) is 0 Å². The first-order chi connectivity index (χ1) is 8.99. The zero-order valence-electron chi connectivity index (χ0n) is 10.2. The smallest absolute Gasteiger partial charge is 0.146 e. The van der Waals surface area contributed by atoms with Crippen molar-refractivity contribution in [2.24, 2.45) is 5.73 Å². The summed E-state index contributed by atoms with van der Waals surface area (Å²) in [4.78, 5) is 0. The molecule has 2 aromatic rings. The molecule has 0 aliphatic carbocycles. The molecule has 5 heteroatoms. The van der Waals surface area contributed by atoms with Gasteiger partial charge < -0.3 is 10.5 Å². The second kappa shape index (κ2) is 5.63. The molecule has 0 aliphatic rings. The van der Waals surface area contributed by atoms with Gasteiger partial charge in [-0.15, -0.1) is 0 Å². The third-order valence-corrected chi connectivity index (χ3v) is 3.52. The van der Waals surface area contributed by atoms with Crippen molar-refractivity contribution in [1.82, 2.24) is 0 Å². The molecule has 2 rings (SSSR count). The fourth-order valence-corrected chi connectivity index (χ4v) is 2.38. The molecule has 2 aromatic carbocycles. The number of aryl methyl sites for hydroxylation is 1. The SMILES string of the molecule is Cc1ccc(Cl)c(Oc2cccc(Br)c2C(=N)N)c1. The van der Waals surface area contributed by atoms with Gasteiger partial charge in [-0.2, -0.15) is 0 Å². The summed E-state index contributed by atoms with van der Waals surface area (Å²) in [5.41, 5.74) is 7.13. The van der Waals surface area contributed by atoms with Crippen LogP contribution in [0.15, 0.2) is 40.9 Å². The maximum absolute atomic E-state index is 7.61. The van der Waals surface area contributed by atoms with E-state index in [2.05, 4.69) is 15.9 Å². The van der Waals surface area contributed by atoms with E-state index in [1.165, 1.54) is 0 Å². The maximum atomic E-state index is 7.61. The summed E-state index contributed by atoms with van der Waals surface area (Å²) in [5.74, 6) is 0.975. The number of halogens is 2. The van der Waals surface area contributed by atoms with Crippen LogP contribution in [0.2, 0.25) is 5.02 Å². The minimum absolute atomic E-state index is 0.0637. The van der Waals surface area contributed by atoms with E-state index in [0.29, 0.717) is 26.6 Å². The summed E-state index contributed by atoms with van der Waals surface area (Å²) in [6.45, 7) is 1.95. The third-order valence-electron chi connectivity index (χ3n) is 2.55. The standard InChI is InChI=1S/C14H12BrClN2O/c1-8-5-6-10(16)12(7-8)19-11-4-2-3-9(15)13(11)14(17)18/h2-7H,1H3,(H3,17,18). The van der Waals surface area contributed by atoms with Crippen molar-refractivity contribution < 1.29 is 4.74 Å². The Balaban J connectivity index is 2.46. The van der Waals surface area contributed by atoms with Crippen molar-refractivity contribution in [3.8, 4) is 11.5 Å². The van der Waals surface area contributed by atoms with E-state index in [1.54, 1.807) is 18.2 Å². The Morgan fingerprint density at radius 1 is 1.26 bits per heavy atom. The van der Waals surface area contributed by atoms with E-state index in [9.17, 15) is 0 Å². The van der Waals surface area contributed by atoms with E-state index in [-0.39, 0.29) is 5.84 Å². The fraction of sp³-hybridized carbons (Fsp3) is 0.0714. The fourth-order valence-electron chi connectivity index (χ4n) is 1.66. The zero-order chi connectivity index (χ0) is 14.0. The molecule has 0 aliphatic heterocycles. The lowest BCUT2D eigenvalue weighted by Crippen LogP contribution is -2.13. The molecule has 0 amide bonds. The Labute approximate surface area is 125 Å². The Morgan fingerprint density at radius 3 is 2.68 bits per heavy atom. The number of hydrogen-bond donors (Lipinski definition) is 2.